The van der Waals surface area contributed by atoms with Gasteiger partial charge in [0.1, 0.15) is 5.69 Å². The van der Waals surface area contributed by atoms with Crippen molar-refractivity contribution in [1.82, 2.24) is 15.3 Å². The fourth-order valence-corrected chi connectivity index (χ4v) is 1.91. The number of methoxy groups -OCH3 is 1. The summed E-state index contributed by atoms with van der Waals surface area (Å²) in [6.45, 7) is 0.498. The maximum Gasteiger partial charge on any atom is 0.275 e. The summed E-state index contributed by atoms with van der Waals surface area (Å²) in [6.07, 6.45) is 4.03. The first kappa shape index (κ1) is 17.9. The van der Waals surface area contributed by atoms with E-state index in [9.17, 15) is 19.7 Å². The third-order valence-electron chi connectivity index (χ3n) is 3.09. The van der Waals surface area contributed by atoms with Crippen molar-refractivity contribution in [3.63, 3.8) is 0 Å². The van der Waals surface area contributed by atoms with Gasteiger partial charge in [-0.15, -0.1) is 0 Å². The van der Waals surface area contributed by atoms with Crippen molar-refractivity contribution in [3.8, 4) is 0 Å². The molecule has 0 saturated heterocycles. The molecule has 0 fully saturated rings. The Kier molecular flexibility index (Phi) is 6.07. The lowest BCUT2D eigenvalue weighted by atomic mass is 10.1. The van der Waals surface area contributed by atoms with E-state index in [1.54, 1.807) is 0 Å². The molecule has 2 N–H and O–H groups in total. The first-order valence-corrected chi connectivity index (χ1v) is 7.16. The van der Waals surface area contributed by atoms with Gasteiger partial charge in [0, 0.05) is 38.2 Å². The van der Waals surface area contributed by atoms with E-state index in [4.69, 9.17) is 4.74 Å². The van der Waals surface area contributed by atoms with Crippen LogP contribution in [-0.4, -0.2) is 47.0 Å². The van der Waals surface area contributed by atoms with Gasteiger partial charge in [-0.2, -0.15) is 0 Å². The van der Waals surface area contributed by atoms with E-state index in [0.29, 0.717) is 0 Å². The quantitative estimate of drug-likeness (QED) is 0.434. The van der Waals surface area contributed by atoms with Gasteiger partial charge in [-0.3, -0.25) is 24.7 Å². The molecule has 0 spiro atoms. The number of rotatable bonds is 7. The zero-order valence-electron chi connectivity index (χ0n) is 13.3. The molecule has 0 aliphatic heterocycles. The normalized spacial score (nSPS) is 10.1. The highest BCUT2D eigenvalue weighted by Crippen LogP contribution is 2.22. The molecule has 2 aromatic rings. The van der Waals surface area contributed by atoms with E-state index >= 15 is 0 Å². The molecule has 0 bridgehead atoms. The van der Waals surface area contributed by atoms with Gasteiger partial charge in [0.05, 0.1) is 29.0 Å². The standard InChI is InChI=1S/C15H15N5O5/c1-25-7-6-18-14(21)11-8-10(20(23)24)2-3-12(11)19-15(22)13-9-16-4-5-17-13/h2-5,8-9H,6-7H2,1H3,(H,18,21)(H,19,22). The summed E-state index contributed by atoms with van der Waals surface area (Å²) in [5, 5.41) is 16.0. The van der Waals surface area contributed by atoms with E-state index in [1.165, 1.54) is 37.8 Å². The lowest BCUT2D eigenvalue weighted by Crippen LogP contribution is -2.28. The van der Waals surface area contributed by atoms with Crippen molar-refractivity contribution in [3.05, 3.63) is 58.2 Å². The minimum Gasteiger partial charge on any atom is -0.383 e. The van der Waals surface area contributed by atoms with E-state index in [2.05, 4.69) is 20.6 Å². The van der Waals surface area contributed by atoms with E-state index in [0.717, 1.165) is 6.07 Å². The molecular weight excluding hydrogens is 330 g/mol. The first-order valence-electron chi connectivity index (χ1n) is 7.16. The highest BCUT2D eigenvalue weighted by Gasteiger charge is 2.19. The number of nitro benzene ring substituents is 1. The molecule has 2 rings (SSSR count). The number of carbonyl (C=O) groups is 2. The van der Waals surface area contributed by atoms with Crippen molar-refractivity contribution < 1.29 is 19.2 Å². The molecule has 10 nitrogen and oxygen atoms in total. The average molecular weight is 345 g/mol. The number of nitro groups is 1. The molecule has 0 unspecified atom stereocenters. The van der Waals surface area contributed by atoms with Crippen LogP contribution < -0.4 is 10.6 Å². The number of anilines is 1. The summed E-state index contributed by atoms with van der Waals surface area (Å²) >= 11 is 0. The maximum absolute atomic E-state index is 12.3. The molecular formula is C15H15N5O5. The molecule has 0 aliphatic carbocycles. The highest BCUT2D eigenvalue weighted by molar-refractivity contribution is 6.08. The number of hydrogen-bond donors (Lipinski definition) is 2. The molecule has 1 aromatic carbocycles. The Morgan fingerprint density at radius 1 is 1.28 bits per heavy atom. The van der Waals surface area contributed by atoms with E-state index < -0.39 is 16.7 Å². The molecule has 0 aliphatic rings. The van der Waals surface area contributed by atoms with Crippen LogP contribution in [0.4, 0.5) is 11.4 Å². The largest absolute Gasteiger partial charge is 0.383 e. The number of hydrogen-bond acceptors (Lipinski definition) is 7. The second-order valence-corrected chi connectivity index (χ2v) is 4.78. The fraction of sp³-hybridized carbons (Fsp3) is 0.200. The van der Waals surface area contributed by atoms with Gasteiger partial charge in [0.25, 0.3) is 17.5 Å². The van der Waals surface area contributed by atoms with Gasteiger partial charge in [-0.05, 0) is 6.07 Å². The van der Waals surface area contributed by atoms with Crippen LogP contribution >= 0.6 is 0 Å². The third-order valence-corrected chi connectivity index (χ3v) is 3.09. The van der Waals surface area contributed by atoms with Crippen molar-refractivity contribution in [2.24, 2.45) is 0 Å². The molecule has 25 heavy (non-hydrogen) atoms. The van der Waals surface area contributed by atoms with Crippen LogP contribution in [0.1, 0.15) is 20.8 Å². The molecule has 0 atom stereocenters. The molecule has 130 valence electrons. The summed E-state index contributed by atoms with van der Waals surface area (Å²) in [6, 6.07) is 3.57. The molecule has 0 radical (unpaired) electrons. The Labute approximate surface area is 142 Å². The van der Waals surface area contributed by atoms with Crippen LogP contribution in [0.5, 0.6) is 0 Å². The van der Waals surface area contributed by atoms with Crippen molar-refractivity contribution in [2.75, 3.05) is 25.6 Å². The minimum atomic E-state index is -0.625. The van der Waals surface area contributed by atoms with Crippen LogP contribution in [-0.2, 0) is 4.74 Å². The van der Waals surface area contributed by atoms with E-state index in [-0.39, 0.29) is 35.8 Å². The van der Waals surface area contributed by atoms with Crippen LogP contribution in [0.15, 0.2) is 36.8 Å². The van der Waals surface area contributed by atoms with Crippen LogP contribution in [0.25, 0.3) is 0 Å². The number of amides is 2. The average Bonchev–Trinajstić information content (AvgIpc) is 2.62. The van der Waals surface area contributed by atoms with Gasteiger partial charge in [-0.1, -0.05) is 0 Å². The smallest absolute Gasteiger partial charge is 0.275 e. The second-order valence-electron chi connectivity index (χ2n) is 4.78. The minimum absolute atomic E-state index is 0.0393. The summed E-state index contributed by atoms with van der Waals surface area (Å²) in [4.78, 5) is 42.4. The summed E-state index contributed by atoms with van der Waals surface area (Å²) in [5.74, 6) is -1.16. The number of benzene rings is 1. The van der Waals surface area contributed by atoms with Crippen LogP contribution in [0.3, 0.4) is 0 Å². The first-order chi connectivity index (χ1) is 12.0. The Bertz CT molecular complexity index is 781. The van der Waals surface area contributed by atoms with Crippen molar-refractivity contribution in [1.29, 1.82) is 0 Å². The molecule has 10 heteroatoms. The molecule has 2 amide bonds. The molecule has 0 saturated carbocycles. The Morgan fingerprint density at radius 3 is 2.72 bits per heavy atom. The summed E-state index contributed by atoms with van der Waals surface area (Å²) in [7, 11) is 1.48. The van der Waals surface area contributed by atoms with Gasteiger partial charge < -0.3 is 15.4 Å². The molecule has 1 heterocycles. The van der Waals surface area contributed by atoms with Gasteiger partial charge >= 0.3 is 0 Å². The van der Waals surface area contributed by atoms with Crippen molar-refractivity contribution in [2.45, 2.75) is 0 Å². The topological polar surface area (TPSA) is 136 Å². The maximum atomic E-state index is 12.3. The Hall–Kier alpha value is -3.40. The van der Waals surface area contributed by atoms with Gasteiger partial charge in [-0.25, -0.2) is 4.98 Å². The van der Waals surface area contributed by atoms with Crippen LogP contribution in [0, 0.1) is 10.1 Å². The predicted octanol–water partition coefficient (Wildman–Crippen LogP) is 1.01. The van der Waals surface area contributed by atoms with E-state index in [1.807, 2.05) is 0 Å². The Balaban J connectivity index is 2.28. The number of nitrogens with one attached hydrogen (secondary N) is 2. The second kappa shape index (κ2) is 8.45. The number of non-ortho nitro benzene ring substituents is 1. The zero-order chi connectivity index (χ0) is 18.2. The Morgan fingerprint density at radius 2 is 2.08 bits per heavy atom. The number of nitrogens with zero attached hydrogens (tertiary/aromatic N) is 3. The fourth-order valence-electron chi connectivity index (χ4n) is 1.91. The van der Waals surface area contributed by atoms with Crippen LogP contribution in [0.2, 0.25) is 0 Å². The summed E-state index contributed by atoms with van der Waals surface area (Å²) < 4.78 is 4.83. The zero-order valence-corrected chi connectivity index (χ0v) is 13.3. The monoisotopic (exact) mass is 345 g/mol. The number of carbonyl (C=O) groups excluding carboxylic acids is 2. The van der Waals surface area contributed by atoms with Crippen molar-refractivity contribution >= 4 is 23.2 Å². The lowest BCUT2D eigenvalue weighted by molar-refractivity contribution is -0.384. The third kappa shape index (κ3) is 4.78. The number of aromatic nitrogens is 2. The lowest BCUT2D eigenvalue weighted by Gasteiger charge is -2.11. The summed E-state index contributed by atoms with van der Waals surface area (Å²) in [5.41, 5.74) is -0.139. The molecule has 1 aromatic heterocycles. The highest BCUT2D eigenvalue weighted by atomic mass is 16.6. The van der Waals surface area contributed by atoms with Gasteiger partial charge in [0.15, 0.2) is 0 Å². The predicted molar refractivity (Wildman–Crippen MR) is 87.3 cm³/mol. The number of ether oxygens (including phenoxy) is 1. The SMILES string of the molecule is COCCNC(=O)c1cc([N+](=O)[O-])ccc1NC(=O)c1cnccn1. The van der Waals surface area contributed by atoms with Gasteiger partial charge in [0.2, 0.25) is 0 Å².